The molecule has 12 heteroatoms. The summed E-state index contributed by atoms with van der Waals surface area (Å²) in [7, 11) is -2.30. The molecule has 0 amide bonds. The van der Waals surface area contributed by atoms with Crippen LogP contribution in [0, 0.1) is 0 Å². The molecular weight excluding hydrogens is 411 g/mol. The number of rotatable bonds is 10. The molecule has 0 radical (unpaired) electrons. The third-order valence-corrected chi connectivity index (χ3v) is 5.74. The van der Waals surface area contributed by atoms with E-state index in [0.29, 0.717) is 29.3 Å². The van der Waals surface area contributed by atoms with Crippen molar-refractivity contribution in [2.24, 2.45) is 0 Å². The van der Waals surface area contributed by atoms with E-state index in [2.05, 4.69) is 24.8 Å². The zero-order valence-corrected chi connectivity index (χ0v) is 17.5. The fourth-order valence-corrected chi connectivity index (χ4v) is 4.09. The minimum Gasteiger partial charge on any atom is -0.468 e. The van der Waals surface area contributed by atoms with E-state index in [1.165, 1.54) is 13.4 Å². The van der Waals surface area contributed by atoms with Crippen LogP contribution in [-0.2, 0) is 25.4 Å². The smallest absolute Gasteiger partial charge is 0.342 e. The molecule has 3 aromatic rings. The predicted octanol–water partition coefficient (Wildman–Crippen LogP) is 1.81. The second kappa shape index (κ2) is 9.66. The highest BCUT2D eigenvalue weighted by Crippen LogP contribution is 2.43. The molecule has 2 heterocycles. The summed E-state index contributed by atoms with van der Waals surface area (Å²) in [4.78, 5) is 23.8. The number of anilines is 1. The molecule has 0 spiro atoms. The van der Waals surface area contributed by atoms with E-state index in [1.54, 1.807) is 35.2 Å². The fourth-order valence-electron chi connectivity index (χ4n) is 2.60. The number of nitrogens with one attached hydrogen (secondary N) is 1. The Kier molecular flexibility index (Phi) is 6.99. The SMILES string of the molecule is COC(=O)CNP(=O)(CO[C@H](C)Cn1cnc2c(N)ncnc21)Oc1ccccc1. The first-order chi connectivity index (χ1) is 14.4. The van der Waals surface area contributed by atoms with E-state index < -0.39 is 13.5 Å². The van der Waals surface area contributed by atoms with E-state index in [4.69, 9.17) is 15.0 Å². The molecule has 0 aliphatic carbocycles. The van der Waals surface area contributed by atoms with Gasteiger partial charge in [0.15, 0.2) is 11.5 Å². The third-order valence-electron chi connectivity index (χ3n) is 4.10. The van der Waals surface area contributed by atoms with E-state index in [1.807, 2.05) is 13.0 Å². The molecule has 0 aliphatic rings. The topological polar surface area (TPSA) is 143 Å². The molecule has 0 aliphatic heterocycles. The highest BCUT2D eigenvalue weighted by molar-refractivity contribution is 7.57. The molecule has 0 saturated heterocycles. The standard InChI is InChI=1S/C18H23N6O5P/c1-13(9-24-11-22-16-17(19)20-10-21-18(16)24)28-12-30(26,23-8-15(25)27-2)29-14-6-4-3-5-7-14/h3-7,10-11,13H,8-9,12H2,1-2H3,(H,23,26)(H2,19,20,21)/t13-,30?/m1/s1. The van der Waals surface area contributed by atoms with Crippen molar-refractivity contribution in [2.75, 3.05) is 25.7 Å². The average Bonchev–Trinajstić information content (AvgIpc) is 3.15. The first-order valence-electron chi connectivity index (χ1n) is 9.09. The number of nitrogens with two attached hydrogens (primary N) is 1. The van der Waals surface area contributed by atoms with Crippen molar-refractivity contribution in [3.8, 4) is 5.75 Å². The van der Waals surface area contributed by atoms with Gasteiger partial charge in [0.25, 0.3) is 0 Å². The highest BCUT2D eigenvalue weighted by atomic mass is 31.2. The number of nitrogens with zero attached hydrogens (tertiary/aromatic N) is 4. The molecule has 160 valence electrons. The van der Waals surface area contributed by atoms with Gasteiger partial charge in [0, 0.05) is 0 Å². The number of carbonyl (C=O) groups excluding carboxylic acids is 1. The van der Waals surface area contributed by atoms with Crippen LogP contribution in [0.25, 0.3) is 11.2 Å². The van der Waals surface area contributed by atoms with Crippen molar-refractivity contribution >= 4 is 30.5 Å². The molecule has 1 unspecified atom stereocenters. The van der Waals surface area contributed by atoms with Gasteiger partial charge in [-0.25, -0.2) is 20.0 Å². The number of imidazole rings is 1. The minimum absolute atomic E-state index is 0.260. The van der Waals surface area contributed by atoms with E-state index >= 15 is 0 Å². The van der Waals surface area contributed by atoms with Crippen LogP contribution in [0.1, 0.15) is 6.92 Å². The number of benzene rings is 1. The fraction of sp³-hybridized carbons (Fsp3) is 0.333. The van der Waals surface area contributed by atoms with Gasteiger partial charge in [-0.2, -0.15) is 0 Å². The monoisotopic (exact) mass is 434 g/mol. The molecular formula is C18H23N6O5P. The normalized spacial score (nSPS) is 14.2. The molecule has 1 aromatic carbocycles. The molecule has 3 N–H and O–H groups in total. The second-order valence-electron chi connectivity index (χ2n) is 6.42. The number of carbonyl (C=O) groups is 1. The van der Waals surface area contributed by atoms with Crippen LogP contribution in [0.15, 0.2) is 43.0 Å². The lowest BCUT2D eigenvalue weighted by atomic mass is 10.3. The molecule has 0 fully saturated rings. The minimum atomic E-state index is -3.55. The van der Waals surface area contributed by atoms with Crippen LogP contribution in [-0.4, -0.2) is 51.6 Å². The Labute approximate surface area is 173 Å². The summed E-state index contributed by atoms with van der Waals surface area (Å²) in [5, 5.41) is 2.62. The first kappa shape index (κ1) is 21.7. The number of hydrogen-bond acceptors (Lipinski definition) is 9. The summed E-state index contributed by atoms with van der Waals surface area (Å²) < 4.78 is 31.0. The van der Waals surface area contributed by atoms with Crippen molar-refractivity contribution in [1.82, 2.24) is 24.6 Å². The number of methoxy groups -OCH3 is 1. The van der Waals surface area contributed by atoms with Crippen LogP contribution >= 0.6 is 7.52 Å². The van der Waals surface area contributed by atoms with Gasteiger partial charge in [-0.05, 0) is 19.1 Å². The van der Waals surface area contributed by atoms with E-state index in [9.17, 15) is 9.36 Å². The van der Waals surface area contributed by atoms with Gasteiger partial charge in [0.05, 0.1) is 26.1 Å². The number of ether oxygens (including phenoxy) is 2. The van der Waals surface area contributed by atoms with Gasteiger partial charge in [0.2, 0.25) is 0 Å². The van der Waals surface area contributed by atoms with Crippen molar-refractivity contribution < 1.29 is 23.4 Å². The van der Waals surface area contributed by atoms with Crippen LogP contribution in [0.2, 0.25) is 0 Å². The second-order valence-corrected chi connectivity index (χ2v) is 8.53. The lowest BCUT2D eigenvalue weighted by Crippen LogP contribution is -2.27. The molecule has 30 heavy (non-hydrogen) atoms. The molecule has 2 aromatic heterocycles. The molecule has 2 atom stereocenters. The van der Waals surface area contributed by atoms with Crippen molar-refractivity contribution in [3.63, 3.8) is 0 Å². The van der Waals surface area contributed by atoms with Gasteiger partial charge in [-0.1, -0.05) is 18.2 Å². The Morgan fingerprint density at radius 1 is 1.27 bits per heavy atom. The third kappa shape index (κ3) is 5.53. The summed E-state index contributed by atoms with van der Waals surface area (Å²) in [5.74, 6) is 0.115. The van der Waals surface area contributed by atoms with Gasteiger partial charge < -0.3 is 24.3 Å². The predicted molar refractivity (Wildman–Crippen MR) is 110 cm³/mol. The number of aromatic nitrogens is 4. The van der Waals surface area contributed by atoms with Gasteiger partial charge >= 0.3 is 13.5 Å². The number of nitrogen functional groups attached to an aromatic ring is 1. The number of para-hydroxylation sites is 1. The number of fused-ring (bicyclic) bond motifs is 1. The van der Waals surface area contributed by atoms with Crippen LogP contribution in [0.3, 0.4) is 0 Å². The summed E-state index contributed by atoms with van der Waals surface area (Å²) in [6.07, 6.45) is 2.32. The summed E-state index contributed by atoms with van der Waals surface area (Å²) in [5.41, 5.74) is 6.88. The maximum Gasteiger partial charge on any atom is 0.342 e. The van der Waals surface area contributed by atoms with Crippen molar-refractivity contribution in [3.05, 3.63) is 43.0 Å². The Balaban J connectivity index is 1.66. The zero-order chi connectivity index (χ0) is 21.6. The summed E-state index contributed by atoms with van der Waals surface area (Å²) in [6, 6.07) is 8.64. The Bertz CT molecular complexity index is 1040. The summed E-state index contributed by atoms with van der Waals surface area (Å²) in [6.45, 7) is 1.92. The lowest BCUT2D eigenvalue weighted by molar-refractivity contribution is -0.139. The average molecular weight is 434 g/mol. The van der Waals surface area contributed by atoms with Crippen molar-refractivity contribution in [1.29, 1.82) is 0 Å². The van der Waals surface area contributed by atoms with Crippen LogP contribution in [0.5, 0.6) is 5.75 Å². The number of hydrogen-bond donors (Lipinski definition) is 2. The first-order valence-corrected chi connectivity index (χ1v) is 10.9. The van der Waals surface area contributed by atoms with Gasteiger partial charge in [-0.15, -0.1) is 0 Å². The van der Waals surface area contributed by atoms with Crippen LogP contribution < -0.4 is 15.3 Å². The van der Waals surface area contributed by atoms with Gasteiger partial charge in [-0.3, -0.25) is 9.36 Å². The Morgan fingerprint density at radius 2 is 2.03 bits per heavy atom. The largest absolute Gasteiger partial charge is 0.468 e. The zero-order valence-electron chi connectivity index (χ0n) is 16.6. The summed E-state index contributed by atoms with van der Waals surface area (Å²) >= 11 is 0. The maximum absolute atomic E-state index is 13.2. The van der Waals surface area contributed by atoms with E-state index in [0.717, 1.165) is 0 Å². The number of esters is 1. The Morgan fingerprint density at radius 3 is 2.77 bits per heavy atom. The molecule has 0 bridgehead atoms. The quantitative estimate of drug-likeness (QED) is 0.358. The molecule has 0 saturated carbocycles. The maximum atomic E-state index is 13.2. The van der Waals surface area contributed by atoms with Crippen molar-refractivity contribution in [2.45, 2.75) is 19.6 Å². The van der Waals surface area contributed by atoms with Crippen LogP contribution in [0.4, 0.5) is 5.82 Å². The van der Waals surface area contributed by atoms with E-state index in [-0.39, 0.29) is 19.0 Å². The Hall–Kier alpha value is -3.01. The van der Waals surface area contributed by atoms with Gasteiger partial charge in [0.1, 0.15) is 30.5 Å². The molecule has 11 nitrogen and oxygen atoms in total. The molecule has 3 rings (SSSR count). The highest BCUT2D eigenvalue weighted by Gasteiger charge is 2.27. The lowest BCUT2D eigenvalue weighted by Gasteiger charge is -2.22.